The van der Waals surface area contributed by atoms with Crippen LogP contribution in [0.15, 0.2) is 19.0 Å². The van der Waals surface area contributed by atoms with Gasteiger partial charge in [0.2, 0.25) is 0 Å². The van der Waals surface area contributed by atoms with E-state index < -0.39 is 55.1 Å². The molecule has 0 radical (unpaired) electrons. The minimum atomic E-state index is -1.43. The third-order valence-electron chi connectivity index (χ3n) is 7.55. The molecule has 0 saturated carbocycles. The van der Waals surface area contributed by atoms with Crippen molar-refractivity contribution in [3.63, 3.8) is 0 Å². The zero-order chi connectivity index (χ0) is 32.5. The Morgan fingerprint density at radius 2 is 1.59 bits per heavy atom. The average molecular weight is 641 g/mol. The highest BCUT2D eigenvalue weighted by Gasteiger charge is 2.46. The highest BCUT2D eigenvalue weighted by atomic mass is 16.6. The number of hydrogen-bond donors (Lipinski definition) is 8. The van der Waals surface area contributed by atoms with Crippen molar-refractivity contribution in [2.45, 2.75) is 56.0 Å². The van der Waals surface area contributed by atoms with Gasteiger partial charge in [0.05, 0.1) is 12.9 Å². The fraction of sp³-hybridized carbons (Fsp3) is 0.500. The highest BCUT2D eigenvalue weighted by Crippen LogP contribution is 2.34. The number of anilines is 2. The van der Waals surface area contributed by atoms with Crippen LogP contribution in [0.25, 0.3) is 22.3 Å². The van der Waals surface area contributed by atoms with Gasteiger partial charge in [-0.1, -0.05) is 5.92 Å². The molecule has 244 valence electrons. The van der Waals surface area contributed by atoms with E-state index in [1.54, 1.807) is 6.92 Å². The molecule has 0 unspecified atom stereocenters. The molecule has 2 aliphatic heterocycles. The summed E-state index contributed by atoms with van der Waals surface area (Å²) in [7, 11) is 0. The number of carbonyl (C=O) groups is 1. The minimum Gasteiger partial charge on any atom is -0.387 e. The number of rotatable bonds is 8. The third-order valence-corrected chi connectivity index (χ3v) is 7.55. The van der Waals surface area contributed by atoms with Gasteiger partial charge in [0, 0.05) is 13.1 Å². The maximum atomic E-state index is 11.8. The summed E-state index contributed by atoms with van der Waals surface area (Å²) in [5.41, 5.74) is 12.9. The van der Waals surface area contributed by atoms with Gasteiger partial charge in [-0.15, -0.1) is 0 Å². The summed E-state index contributed by atoms with van der Waals surface area (Å²) in [6.45, 7) is 1.81. The molecule has 2 saturated heterocycles. The van der Waals surface area contributed by atoms with Gasteiger partial charge in [-0.25, -0.2) is 34.7 Å². The van der Waals surface area contributed by atoms with E-state index in [9.17, 15) is 25.2 Å². The van der Waals surface area contributed by atoms with Crippen molar-refractivity contribution >= 4 is 40.0 Å². The van der Waals surface area contributed by atoms with Gasteiger partial charge in [-0.2, -0.15) is 0 Å². The Morgan fingerprint density at radius 1 is 0.913 bits per heavy atom. The number of aromatic nitrogens is 8. The summed E-state index contributed by atoms with van der Waals surface area (Å²) in [5.74, 6) is 5.95. The fourth-order valence-electron chi connectivity index (χ4n) is 5.28. The van der Waals surface area contributed by atoms with Gasteiger partial charge in [-0.3, -0.25) is 9.13 Å². The second-order valence-electron chi connectivity index (χ2n) is 10.5. The SMILES string of the molecule is CCNC(=O)NC[C@H]1O[C@@H](n2c(C#CCOC[C@H]3O[C@@H](n4cnc5c(N)ncnc54)[C@H](O)[C@@H]3O)nc3c(N)ncnc32)[C@H](O)[C@@H]1O. The molecule has 8 atom stereocenters. The van der Waals surface area contributed by atoms with Crippen molar-refractivity contribution in [2.75, 3.05) is 37.8 Å². The number of fused-ring (bicyclic) bond motifs is 2. The molecule has 2 fully saturated rings. The molecule has 0 aromatic carbocycles. The van der Waals surface area contributed by atoms with E-state index in [1.165, 1.54) is 28.1 Å². The summed E-state index contributed by atoms with van der Waals surface area (Å²) in [6, 6.07) is -0.452. The number of hydrogen-bond acceptors (Lipinski definition) is 16. The zero-order valence-electron chi connectivity index (χ0n) is 24.3. The quantitative estimate of drug-likeness (QED) is 0.0693. The summed E-state index contributed by atoms with van der Waals surface area (Å²) in [4.78, 5) is 36.6. The molecule has 10 N–H and O–H groups in total. The number of aliphatic hydroxyl groups is 4. The number of nitrogens with two attached hydrogens (primary N) is 2. The first-order valence-electron chi connectivity index (χ1n) is 14.2. The maximum absolute atomic E-state index is 11.8. The first-order valence-corrected chi connectivity index (χ1v) is 14.2. The van der Waals surface area contributed by atoms with Crippen LogP contribution in [0, 0.1) is 11.8 Å². The molecule has 6 rings (SSSR count). The summed E-state index contributed by atoms with van der Waals surface area (Å²) in [6.07, 6.45) is -5.57. The van der Waals surface area contributed by atoms with Crippen LogP contribution in [0.3, 0.4) is 0 Å². The van der Waals surface area contributed by atoms with Gasteiger partial charge in [0.1, 0.15) is 61.4 Å². The van der Waals surface area contributed by atoms with Crippen molar-refractivity contribution in [1.82, 2.24) is 49.7 Å². The Kier molecular flexibility index (Phi) is 8.78. The molecule has 4 aromatic heterocycles. The lowest BCUT2D eigenvalue weighted by Crippen LogP contribution is -2.43. The topological polar surface area (TPSA) is 289 Å². The second kappa shape index (κ2) is 12.9. The standard InChI is InChI=1S/C26H32N12O8/c1-2-29-26(43)30-6-11-16(39)19(42)25(45-11)38-13(36-15-21(28)32-9-34-23(15)38)4-3-5-44-7-12-17(40)18(41)24(46-12)37-10-35-14-20(27)31-8-33-22(14)37/h8-12,16-19,24-25,39-42H,2,5-7H2,1H3,(H2,27,31,33)(H2,28,32,34)(H2,29,30,43)/t11-,12-,16-,17-,18-,19-,24-,25-/m1/s1. The van der Waals surface area contributed by atoms with Gasteiger partial charge in [-0.05, 0) is 12.8 Å². The Hall–Kier alpha value is -4.75. The molecule has 20 nitrogen and oxygen atoms in total. The first kappa shape index (κ1) is 31.2. The van der Waals surface area contributed by atoms with E-state index in [1.807, 2.05) is 0 Å². The van der Waals surface area contributed by atoms with Crippen LogP contribution in [-0.2, 0) is 14.2 Å². The number of carbonyl (C=O) groups excluding carboxylic acids is 1. The van der Waals surface area contributed by atoms with E-state index in [0.29, 0.717) is 17.7 Å². The second-order valence-corrected chi connectivity index (χ2v) is 10.5. The smallest absolute Gasteiger partial charge is 0.314 e. The van der Waals surface area contributed by atoms with E-state index in [-0.39, 0.29) is 48.4 Å². The number of urea groups is 1. The number of nitrogens with zero attached hydrogens (tertiary/aromatic N) is 8. The van der Waals surface area contributed by atoms with Crippen molar-refractivity contribution < 1.29 is 39.4 Å². The third kappa shape index (κ3) is 5.71. The molecule has 0 bridgehead atoms. The molecular weight excluding hydrogens is 608 g/mol. The maximum Gasteiger partial charge on any atom is 0.314 e. The normalized spacial score (nSPS) is 27.6. The number of ether oxygens (including phenoxy) is 3. The van der Waals surface area contributed by atoms with Crippen molar-refractivity contribution in [3.05, 3.63) is 24.8 Å². The van der Waals surface area contributed by atoms with E-state index in [4.69, 9.17) is 25.7 Å². The number of amides is 2. The van der Waals surface area contributed by atoms with Crippen molar-refractivity contribution in [1.29, 1.82) is 0 Å². The van der Waals surface area contributed by atoms with Crippen LogP contribution in [-0.4, -0.2) is 128 Å². The van der Waals surface area contributed by atoms with Crippen LogP contribution >= 0.6 is 0 Å². The molecule has 0 aliphatic carbocycles. The molecular formula is C26H32N12O8. The predicted molar refractivity (Wildman–Crippen MR) is 156 cm³/mol. The van der Waals surface area contributed by atoms with Crippen molar-refractivity contribution in [2.24, 2.45) is 0 Å². The lowest BCUT2D eigenvalue weighted by atomic mass is 10.1. The summed E-state index contributed by atoms with van der Waals surface area (Å²) >= 11 is 0. The van der Waals surface area contributed by atoms with Crippen LogP contribution in [0.4, 0.5) is 16.4 Å². The molecule has 6 heterocycles. The number of nitrogens with one attached hydrogen (secondary N) is 2. The minimum absolute atomic E-state index is 0.0610. The molecule has 0 spiro atoms. The summed E-state index contributed by atoms with van der Waals surface area (Å²) < 4.78 is 20.3. The molecule has 46 heavy (non-hydrogen) atoms. The monoisotopic (exact) mass is 640 g/mol. The molecule has 4 aromatic rings. The average Bonchev–Trinajstić information content (AvgIpc) is 3.77. The first-order chi connectivity index (χ1) is 22.2. The molecule has 20 heteroatoms. The summed E-state index contributed by atoms with van der Waals surface area (Å²) in [5, 5.41) is 48.0. The predicted octanol–water partition coefficient (Wildman–Crippen LogP) is -3.24. The molecule has 2 aliphatic rings. The van der Waals surface area contributed by atoms with Gasteiger partial charge in [0.25, 0.3) is 0 Å². The van der Waals surface area contributed by atoms with Gasteiger partial charge in [0.15, 0.2) is 46.7 Å². The zero-order valence-corrected chi connectivity index (χ0v) is 24.3. The van der Waals surface area contributed by atoms with Crippen molar-refractivity contribution in [3.8, 4) is 11.8 Å². The van der Waals surface area contributed by atoms with Gasteiger partial charge < -0.3 is 56.7 Å². The van der Waals surface area contributed by atoms with Crippen LogP contribution in [0.1, 0.15) is 25.2 Å². The van der Waals surface area contributed by atoms with Crippen LogP contribution in [0.5, 0.6) is 0 Å². The Bertz CT molecular complexity index is 1790. The lowest BCUT2D eigenvalue weighted by Gasteiger charge is -2.18. The van der Waals surface area contributed by atoms with E-state index in [2.05, 4.69) is 52.4 Å². The number of nitrogen functional groups attached to an aromatic ring is 2. The molecule has 2 amide bonds. The Balaban J connectivity index is 1.14. The Morgan fingerprint density at radius 3 is 2.35 bits per heavy atom. The number of imidazole rings is 2. The van der Waals surface area contributed by atoms with Gasteiger partial charge >= 0.3 is 6.03 Å². The van der Waals surface area contributed by atoms with E-state index in [0.717, 1.165) is 0 Å². The highest BCUT2D eigenvalue weighted by molar-refractivity contribution is 5.83. The van der Waals surface area contributed by atoms with Crippen LogP contribution in [0.2, 0.25) is 0 Å². The largest absolute Gasteiger partial charge is 0.387 e. The Labute approximate surface area is 259 Å². The van der Waals surface area contributed by atoms with E-state index >= 15 is 0 Å². The van der Waals surface area contributed by atoms with Crippen LogP contribution < -0.4 is 22.1 Å². The fourth-order valence-corrected chi connectivity index (χ4v) is 5.28. The number of aliphatic hydroxyl groups excluding tert-OH is 4. The lowest BCUT2D eigenvalue weighted by molar-refractivity contribution is -0.0615.